The lowest BCUT2D eigenvalue weighted by atomic mass is 9.82. The number of carbonyl (C=O) groups is 2. The van der Waals surface area contributed by atoms with Gasteiger partial charge in [-0.3, -0.25) is 9.59 Å². The molecule has 1 aromatic rings. The van der Waals surface area contributed by atoms with Crippen LogP contribution in [0.5, 0.6) is 0 Å². The Morgan fingerprint density at radius 2 is 2.05 bits per heavy atom. The summed E-state index contributed by atoms with van der Waals surface area (Å²) in [6, 6.07) is 6.40. The number of thioether (sulfide) groups is 1. The Bertz CT molecular complexity index is 571. The number of esters is 1. The molecule has 0 heterocycles. The predicted molar refractivity (Wildman–Crippen MR) is 72.1 cm³/mol. The molecular weight excluding hydrogens is 305 g/mol. The number of ketones is 1. The third-order valence-corrected chi connectivity index (χ3v) is 4.41. The van der Waals surface area contributed by atoms with E-state index in [0.717, 1.165) is 0 Å². The highest BCUT2D eigenvalue weighted by Gasteiger charge is 2.56. The summed E-state index contributed by atoms with van der Waals surface area (Å²) in [5.74, 6) is -1.95. The molecule has 0 saturated heterocycles. The average Bonchev–Trinajstić information content (AvgIpc) is 2.41. The Morgan fingerprint density at radius 3 is 2.67 bits per heavy atom. The molecule has 0 saturated carbocycles. The summed E-state index contributed by atoms with van der Waals surface area (Å²) in [5.41, 5.74) is -3.88. The van der Waals surface area contributed by atoms with Crippen LogP contribution < -0.4 is 0 Å². The Morgan fingerprint density at radius 1 is 1.38 bits per heavy atom. The molecule has 0 bridgehead atoms. The van der Waals surface area contributed by atoms with E-state index in [1.165, 1.54) is 13.0 Å². The van der Waals surface area contributed by atoms with Gasteiger partial charge in [-0.15, -0.1) is 0 Å². The van der Waals surface area contributed by atoms with Gasteiger partial charge in [-0.25, -0.2) is 0 Å². The summed E-state index contributed by atoms with van der Waals surface area (Å²) in [5, 5.41) is 0. The molecular formula is C14H13F3O3S. The van der Waals surface area contributed by atoms with Gasteiger partial charge in [0.2, 0.25) is 0 Å². The molecule has 1 aromatic carbocycles. The Hall–Kier alpha value is -1.50. The molecule has 0 fully saturated rings. The number of rotatable bonds is 3. The van der Waals surface area contributed by atoms with E-state index in [0.29, 0.717) is 5.56 Å². The van der Waals surface area contributed by atoms with Crippen molar-refractivity contribution < 1.29 is 27.5 Å². The predicted octanol–water partition coefficient (Wildman–Crippen LogP) is 3.37. The number of aryl methyl sites for hydroxylation is 1. The van der Waals surface area contributed by atoms with Crippen LogP contribution in [0.4, 0.5) is 13.2 Å². The topological polar surface area (TPSA) is 43.4 Å². The van der Waals surface area contributed by atoms with Crippen LogP contribution in [-0.4, -0.2) is 28.6 Å². The van der Waals surface area contributed by atoms with Gasteiger partial charge in [0.05, 0.1) is 6.61 Å². The van der Waals surface area contributed by atoms with Gasteiger partial charge < -0.3 is 4.74 Å². The van der Waals surface area contributed by atoms with E-state index in [1.807, 2.05) is 0 Å². The maximum absolute atomic E-state index is 12.8. The number of Topliss-reactive ketones (excluding diaryl/α,β-unsaturated/α-hetero) is 1. The summed E-state index contributed by atoms with van der Waals surface area (Å²) in [7, 11) is 0. The van der Waals surface area contributed by atoms with Gasteiger partial charge in [-0.05, 0) is 37.1 Å². The molecule has 0 N–H and O–H groups in total. The molecule has 1 aliphatic carbocycles. The quantitative estimate of drug-likeness (QED) is 0.633. The van der Waals surface area contributed by atoms with Gasteiger partial charge in [0.1, 0.15) is 0 Å². The van der Waals surface area contributed by atoms with Gasteiger partial charge >= 0.3 is 11.5 Å². The van der Waals surface area contributed by atoms with Gasteiger partial charge in [0, 0.05) is 5.56 Å². The number of hydrogen-bond acceptors (Lipinski definition) is 4. The standard InChI is InChI=1S/C14H13F3O3S/c1-2-20-12(19)13(21-14(15,16)17)8-7-9-5-3-4-6-10(9)11(13)18/h3-6H,2,7-8H2,1H3. The molecule has 0 amide bonds. The smallest absolute Gasteiger partial charge is 0.443 e. The first-order chi connectivity index (χ1) is 9.80. The molecule has 0 radical (unpaired) electrons. The molecule has 0 spiro atoms. The maximum Gasteiger partial charge on any atom is 0.443 e. The van der Waals surface area contributed by atoms with Crippen molar-refractivity contribution in [3.05, 3.63) is 35.4 Å². The van der Waals surface area contributed by atoms with Crippen LogP contribution in [0.1, 0.15) is 29.3 Å². The van der Waals surface area contributed by atoms with Gasteiger partial charge in [0.15, 0.2) is 10.5 Å². The minimum atomic E-state index is -4.70. The van der Waals surface area contributed by atoms with E-state index >= 15 is 0 Å². The zero-order valence-corrected chi connectivity index (χ0v) is 12.0. The number of alkyl halides is 3. The second-order valence-corrected chi connectivity index (χ2v) is 5.95. The second-order valence-electron chi connectivity index (χ2n) is 4.58. The van der Waals surface area contributed by atoms with Crippen LogP contribution in [0.3, 0.4) is 0 Å². The number of benzene rings is 1. The number of fused-ring (bicyclic) bond motifs is 1. The van der Waals surface area contributed by atoms with Gasteiger partial charge in [-0.2, -0.15) is 13.2 Å². The number of ether oxygens (including phenoxy) is 1. The maximum atomic E-state index is 12.8. The molecule has 0 aliphatic heterocycles. The monoisotopic (exact) mass is 318 g/mol. The van der Waals surface area contributed by atoms with Crippen molar-refractivity contribution in [3.8, 4) is 0 Å². The number of hydrogen-bond donors (Lipinski definition) is 0. The molecule has 1 unspecified atom stereocenters. The van der Waals surface area contributed by atoms with E-state index in [2.05, 4.69) is 0 Å². The zero-order valence-electron chi connectivity index (χ0n) is 11.2. The van der Waals surface area contributed by atoms with Crippen LogP contribution in [0, 0.1) is 0 Å². The first kappa shape index (κ1) is 15.9. The van der Waals surface area contributed by atoms with Crippen LogP contribution in [0.15, 0.2) is 24.3 Å². The van der Waals surface area contributed by atoms with Crippen LogP contribution in [-0.2, 0) is 16.0 Å². The van der Waals surface area contributed by atoms with Crippen molar-refractivity contribution in [1.29, 1.82) is 0 Å². The van der Waals surface area contributed by atoms with Crippen LogP contribution in [0.25, 0.3) is 0 Å². The van der Waals surface area contributed by atoms with Crippen LogP contribution >= 0.6 is 11.8 Å². The normalized spacial score (nSPS) is 21.8. The summed E-state index contributed by atoms with van der Waals surface area (Å²) in [6.45, 7) is 1.42. The highest BCUT2D eigenvalue weighted by atomic mass is 32.2. The fourth-order valence-electron chi connectivity index (χ4n) is 2.38. The van der Waals surface area contributed by atoms with Crippen molar-refractivity contribution in [1.82, 2.24) is 0 Å². The zero-order chi connectivity index (χ0) is 15.7. The van der Waals surface area contributed by atoms with Gasteiger partial charge in [0.25, 0.3) is 0 Å². The molecule has 0 aromatic heterocycles. The van der Waals surface area contributed by atoms with E-state index < -0.39 is 33.8 Å². The Labute approximate surface area is 123 Å². The highest BCUT2D eigenvalue weighted by molar-refractivity contribution is 8.03. The first-order valence-corrected chi connectivity index (χ1v) is 7.18. The highest BCUT2D eigenvalue weighted by Crippen LogP contribution is 2.48. The van der Waals surface area contributed by atoms with Crippen molar-refractivity contribution >= 4 is 23.5 Å². The lowest BCUT2D eigenvalue weighted by molar-refractivity contribution is -0.145. The van der Waals surface area contributed by atoms with Gasteiger partial charge in [-0.1, -0.05) is 24.3 Å². The fourth-order valence-corrected chi connectivity index (χ4v) is 3.32. The molecule has 114 valence electrons. The summed E-state index contributed by atoms with van der Waals surface area (Å²) >= 11 is -0.579. The second kappa shape index (κ2) is 5.71. The lowest BCUT2D eigenvalue weighted by Crippen LogP contribution is -2.49. The average molecular weight is 318 g/mol. The molecule has 21 heavy (non-hydrogen) atoms. The SMILES string of the molecule is CCOC(=O)C1(SC(F)(F)F)CCc2ccccc2C1=O. The number of halogens is 3. The largest absolute Gasteiger partial charge is 0.465 e. The summed E-state index contributed by atoms with van der Waals surface area (Å²) in [6.07, 6.45) is 0.00959. The molecule has 2 rings (SSSR count). The fraction of sp³-hybridized carbons (Fsp3) is 0.429. The van der Waals surface area contributed by atoms with Crippen molar-refractivity contribution in [2.45, 2.75) is 30.0 Å². The van der Waals surface area contributed by atoms with E-state index in [-0.39, 0.29) is 25.0 Å². The number of carbonyl (C=O) groups excluding carboxylic acids is 2. The molecule has 7 heteroatoms. The van der Waals surface area contributed by atoms with Crippen molar-refractivity contribution in [3.63, 3.8) is 0 Å². The molecule has 1 atom stereocenters. The van der Waals surface area contributed by atoms with E-state index in [9.17, 15) is 22.8 Å². The third kappa shape index (κ3) is 3.07. The first-order valence-electron chi connectivity index (χ1n) is 6.37. The minimum Gasteiger partial charge on any atom is -0.465 e. The van der Waals surface area contributed by atoms with E-state index in [4.69, 9.17) is 4.74 Å². The van der Waals surface area contributed by atoms with E-state index in [1.54, 1.807) is 18.2 Å². The molecule has 1 aliphatic rings. The van der Waals surface area contributed by atoms with Crippen LogP contribution in [0.2, 0.25) is 0 Å². The third-order valence-electron chi connectivity index (χ3n) is 3.27. The minimum absolute atomic E-state index is 0.0755. The summed E-state index contributed by atoms with van der Waals surface area (Å²) in [4.78, 5) is 24.6. The Kier molecular flexibility index (Phi) is 4.32. The lowest BCUT2D eigenvalue weighted by Gasteiger charge is -2.34. The van der Waals surface area contributed by atoms with Crippen molar-refractivity contribution in [2.24, 2.45) is 0 Å². The summed E-state index contributed by atoms with van der Waals surface area (Å²) < 4.78 is 41.0. The van der Waals surface area contributed by atoms with Crippen molar-refractivity contribution in [2.75, 3.05) is 6.61 Å². The Balaban J connectivity index is 2.47. The molecule has 3 nitrogen and oxygen atoms in total.